The van der Waals surface area contributed by atoms with Crippen LogP contribution >= 0.6 is 11.8 Å². The minimum absolute atomic E-state index is 0.106. The number of carbonyl (C=O) groups is 1. The lowest BCUT2D eigenvalue weighted by Crippen LogP contribution is -2.45. The first-order valence-electron chi connectivity index (χ1n) is 6.54. The number of aromatic nitrogens is 2. The lowest BCUT2D eigenvalue weighted by Gasteiger charge is -2.32. The summed E-state index contributed by atoms with van der Waals surface area (Å²) in [6, 6.07) is 7.27. The van der Waals surface area contributed by atoms with Crippen LogP contribution in [-0.4, -0.2) is 45.1 Å². The second kappa shape index (κ2) is 5.28. The van der Waals surface area contributed by atoms with Crippen molar-refractivity contribution >= 4 is 28.4 Å². The van der Waals surface area contributed by atoms with Gasteiger partial charge in [-0.2, -0.15) is 16.9 Å². The summed E-state index contributed by atoms with van der Waals surface area (Å²) in [5.41, 5.74) is 0.0679. The van der Waals surface area contributed by atoms with E-state index in [1.165, 1.54) is 0 Å². The van der Waals surface area contributed by atoms with Gasteiger partial charge in [0.2, 0.25) is 0 Å². The normalized spacial score (nSPS) is 19.2. The molecular formula is C14H15N3O2S. The third-order valence-corrected chi connectivity index (χ3v) is 4.72. The van der Waals surface area contributed by atoms with Gasteiger partial charge in [-0.1, -0.05) is 18.2 Å². The summed E-state index contributed by atoms with van der Waals surface area (Å²) in [4.78, 5) is 26.3. The van der Waals surface area contributed by atoms with E-state index in [4.69, 9.17) is 0 Å². The van der Waals surface area contributed by atoms with E-state index < -0.39 is 0 Å². The fourth-order valence-corrected chi connectivity index (χ4v) is 3.46. The molecule has 1 atom stereocenters. The fraction of sp³-hybridized carbons (Fsp3) is 0.357. The van der Waals surface area contributed by atoms with Crippen LogP contribution in [0.4, 0.5) is 0 Å². The largest absolute Gasteiger partial charge is 0.333 e. The van der Waals surface area contributed by atoms with Crippen LogP contribution in [0.5, 0.6) is 0 Å². The van der Waals surface area contributed by atoms with Crippen LogP contribution in [0, 0.1) is 0 Å². The molecular weight excluding hydrogens is 274 g/mol. The zero-order chi connectivity index (χ0) is 14.1. The Morgan fingerprint density at radius 1 is 1.40 bits per heavy atom. The molecule has 1 unspecified atom stereocenters. The average Bonchev–Trinajstić information content (AvgIpc) is 2.48. The lowest BCUT2D eigenvalue weighted by molar-refractivity contribution is 0.0711. The topological polar surface area (TPSA) is 66.1 Å². The van der Waals surface area contributed by atoms with Crippen molar-refractivity contribution < 1.29 is 4.79 Å². The molecule has 1 aliphatic heterocycles. The van der Waals surface area contributed by atoms with E-state index in [1.807, 2.05) is 29.7 Å². The van der Waals surface area contributed by atoms with Crippen molar-refractivity contribution in [3.05, 3.63) is 40.3 Å². The molecule has 1 saturated heterocycles. The highest BCUT2D eigenvalue weighted by Crippen LogP contribution is 2.20. The summed E-state index contributed by atoms with van der Waals surface area (Å²) in [7, 11) is 0. The van der Waals surface area contributed by atoms with Crippen LogP contribution in [0.1, 0.15) is 17.4 Å². The summed E-state index contributed by atoms with van der Waals surface area (Å²) in [6.45, 7) is 2.76. The molecule has 104 valence electrons. The Hall–Kier alpha value is -1.82. The van der Waals surface area contributed by atoms with Gasteiger partial charge in [-0.05, 0) is 13.0 Å². The van der Waals surface area contributed by atoms with Crippen LogP contribution in [0.25, 0.3) is 10.8 Å². The molecule has 0 spiro atoms. The van der Waals surface area contributed by atoms with Crippen LogP contribution < -0.4 is 5.56 Å². The van der Waals surface area contributed by atoms with E-state index in [0.29, 0.717) is 16.5 Å². The van der Waals surface area contributed by atoms with Gasteiger partial charge in [0.15, 0.2) is 5.69 Å². The molecule has 0 saturated carbocycles. The van der Waals surface area contributed by atoms with Gasteiger partial charge >= 0.3 is 0 Å². The van der Waals surface area contributed by atoms with Crippen molar-refractivity contribution in [2.45, 2.75) is 13.0 Å². The number of hydrogen-bond donors (Lipinski definition) is 1. The number of rotatable bonds is 1. The highest BCUT2D eigenvalue weighted by molar-refractivity contribution is 7.99. The Morgan fingerprint density at radius 2 is 2.15 bits per heavy atom. The number of carbonyl (C=O) groups excluding carboxylic acids is 1. The zero-order valence-electron chi connectivity index (χ0n) is 11.1. The van der Waals surface area contributed by atoms with E-state index >= 15 is 0 Å². The fourth-order valence-electron chi connectivity index (χ4n) is 2.44. The molecule has 1 fully saturated rings. The Balaban J connectivity index is 2.08. The number of benzene rings is 1. The molecule has 0 bridgehead atoms. The van der Waals surface area contributed by atoms with Gasteiger partial charge in [0, 0.05) is 29.5 Å². The number of nitrogens with one attached hydrogen (secondary N) is 1. The Kier molecular flexibility index (Phi) is 3.48. The highest BCUT2D eigenvalue weighted by atomic mass is 32.2. The monoisotopic (exact) mass is 289 g/mol. The number of hydrogen-bond acceptors (Lipinski definition) is 4. The van der Waals surface area contributed by atoms with E-state index in [9.17, 15) is 9.59 Å². The van der Waals surface area contributed by atoms with E-state index in [0.717, 1.165) is 18.1 Å². The van der Waals surface area contributed by atoms with Crippen LogP contribution in [0.2, 0.25) is 0 Å². The van der Waals surface area contributed by atoms with Crippen molar-refractivity contribution in [1.82, 2.24) is 15.1 Å². The Labute approximate surface area is 120 Å². The van der Waals surface area contributed by atoms with Gasteiger partial charge in [-0.25, -0.2) is 5.10 Å². The maximum atomic E-state index is 12.7. The quantitative estimate of drug-likeness (QED) is 0.864. The zero-order valence-corrected chi connectivity index (χ0v) is 11.9. The molecule has 1 aromatic heterocycles. The molecule has 0 aliphatic carbocycles. The minimum Gasteiger partial charge on any atom is -0.333 e. The predicted molar refractivity (Wildman–Crippen MR) is 80.2 cm³/mol. The molecule has 0 radical (unpaired) electrons. The van der Waals surface area contributed by atoms with Crippen molar-refractivity contribution in [1.29, 1.82) is 0 Å². The van der Waals surface area contributed by atoms with Crippen LogP contribution in [0.15, 0.2) is 29.1 Å². The second-order valence-electron chi connectivity index (χ2n) is 4.87. The molecule has 1 N–H and O–H groups in total. The summed E-state index contributed by atoms with van der Waals surface area (Å²) in [5, 5.41) is 7.52. The van der Waals surface area contributed by atoms with E-state index in [2.05, 4.69) is 10.2 Å². The summed E-state index contributed by atoms with van der Waals surface area (Å²) >= 11 is 1.85. The summed E-state index contributed by atoms with van der Waals surface area (Å²) in [5.74, 6) is 1.77. The van der Waals surface area contributed by atoms with Crippen molar-refractivity contribution in [2.75, 3.05) is 18.1 Å². The standard InChI is InChI=1S/C14H15N3O2S/c1-9-8-20-7-6-17(9)14(19)12-10-4-2-3-5-11(10)13(18)16-15-12/h2-5,9H,6-8H2,1H3,(H,16,18). The molecule has 2 heterocycles. The van der Waals surface area contributed by atoms with Gasteiger partial charge < -0.3 is 4.90 Å². The van der Waals surface area contributed by atoms with Gasteiger partial charge in [0.05, 0.1) is 5.39 Å². The number of thioether (sulfide) groups is 1. The predicted octanol–water partition coefficient (Wildman–Crippen LogP) is 1.50. The molecule has 6 heteroatoms. The Bertz CT molecular complexity index is 713. The van der Waals surface area contributed by atoms with Gasteiger partial charge in [0.25, 0.3) is 11.5 Å². The first-order valence-corrected chi connectivity index (χ1v) is 7.70. The number of aromatic amines is 1. The summed E-state index contributed by atoms with van der Waals surface area (Å²) < 4.78 is 0. The first kappa shape index (κ1) is 13.2. The third kappa shape index (κ3) is 2.20. The number of amides is 1. The molecule has 1 aliphatic rings. The molecule has 3 rings (SSSR count). The summed E-state index contributed by atoms with van der Waals surface area (Å²) in [6.07, 6.45) is 0. The third-order valence-electron chi connectivity index (χ3n) is 3.53. The first-order chi connectivity index (χ1) is 9.68. The SMILES string of the molecule is CC1CSCCN1C(=O)c1n[nH]c(=O)c2ccccc12. The second-order valence-corrected chi connectivity index (χ2v) is 6.02. The van der Waals surface area contributed by atoms with Crippen LogP contribution in [-0.2, 0) is 0 Å². The molecule has 5 nitrogen and oxygen atoms in total. The van der Waals surface area contributed by atoms with Crippen molar-refractivity contribution in [2.24, 2.45) is 0 Å². The average molecular weight is 289 g/mol. The van der Waals surface area contributed by atoms with Gasteiger partial charge in [-0.3, -0.25) is 9.59 Å². The van der Waals surface area contributed by atoms with Gasteiger partial charge in [0.1, 0.15) is 0 Å². The maximum Gasteiger partial charge on any atom is 0.275 e. The number of fused-ring (bicyclic) bond motifs is 1. The molecule has 1 amide bonds. The maximum absolute atomic E-state index is 12.7. The van der Waals surface area contributed by atoms with E-state index in [1.54, 1.807) is 18.2 Å². The molecule has 20 heavy (non-hydrogen) atoms. The van der Waals surface area contributed by atoms with Crippen molar-refractivity contribution in [3.63, 3.8) is 0 Å². The highest BCUT2D eigenvalue weighted by Gasteiger charge is 2.27. The number of H-pyrrole nitrogens is 1. The number of nitrogens with zero attached hydrogens (tertiary/aromatic N) is 2. The Morgan fingerprint density at radius 3 is 2.90 bits per heavy atom. The minimum atomic E-state index is -0.264. The van der Waals surface area contributed by atoms with Crippen LogP contribution in [0.3, 0.4) is 0 Å². The smallest absolute Gasteiger partial charge is 0.275 e. The molecule has 1 aromatic carbocycles. The lowest BCUT2D eigenvalue weighted by atomic mass is 10.1. The van der Waals surface area contributed by atoms with E-state index in [-0.39, 0.29) is 17.5 Å². The van der Waals surface area contributed by atoms with Gasteiger partial charge in [-0.15, -0.1) is 0 Å². The van der Waals surface area contributed by atoms with Crippen molar-refractivity contribution in [3.8, 4) is 0 Å². The molecule has 2 aromatic rings.